The topological polar surface area (TPSA) is 70.7 Å². The van der Waals surface area contributed by atoms with Crippen LogP contribution in [-0.4, -0.2) is 15.5 Å². The van der Waals surface area contributed by atoms with E-state index in [0.29, 0.717) is 16.5 Å². The van der Waals surface area contributed by atoms with E-state index in [-0.39, 0.29) is 5.57 Å². The summed E-state index contributed by atoms with van der Waals surface area (Å²) in [5, 5.41) is 14.1. The molecule has 0 bridgehead atoms. The summed E-state index contributed by atoms with van der Waals surface area (Å²) >= 11 is 1.28. The van der Waals surface area contributed by atoms with Crippen LogP contribution in [0.2, 0.25) is 0 Å². The highest BCUT2D eigenvalue weighted by atomic mass is 32.1. The second-order valence-corrected chi connectivity index (χ2v) is 6.03. The van der Waals surface area contributed by atoms with Crippen LogP contribution in [0.1, 0.15) is 11.4 Å². The summed E-state index contributed by atoms with van der Waals surface area (Å²) < 4.78 is 15.6. The van der Waals surface area contributed by atoms with Crippen molar-refractivity contribution in [3.63, 3.8) is 0 Å². The maximum atomic E-state index is 14.0. The summed E-state index contributed by atoms with van der Waals surface area (Å²) in [7, 11) is 0. The molecular formula is C18H13FN4OS. The molecule has 0 saturated heterocycles. The van der Waals surface area contributed by atoms with Crippen LogP contribution < -0.4 is 5.32 Å². The number of aromatic nitrogens is 2. The summed E-state index contributed by atoms with van der Waals surface area (Å²) in [6, 6.07) is 11.6. The number of para-hydroxylation sites is 1. The van der Waals surface area contributed by atoms with Gasteiger partial charge in [0, 0.05) is 17.3 Å². The molecule has 2 aromatic heterocycles. The molecule has 0 atom stereocenters. The first kappa shape index (κ1) is 16.6. The van der Waals surface area contributed by atoms with E-state index in [2.05, 4.69) is 10.3 Å². The monoisotopic (exact) mass is 352 g/mol. The number of nitrogens with one attached hydrogen (secondary N) is 1. The fourth-order valence-corrected chi connectivity index (χ4v) is 2.93. The highest BCUT2D eigenvalue weighted by Crippen LogP contribution is 2.19. The molecule has 25 heavy (non-hydrogen) atoms. The van der Waals surface area contributed by atoms with E-state index >= 15 is 0 Å². The smallest absolute Gasteiger partial charge is 0.268 e. The third-order valence-electron chi connectivity index (χ3n) is 3.39. The van der Waals surface area contributed by atoms with Crippen LogP contribution in [0.25, 0.3) is 11.8 Å². The Labute approximate surface area is 147 Å². The molecule has 1 N–H and O–H groups in total. The molecule has 0 aliphatic heterocycles. The van der Waals surface area contributed by atoms with Crippen molar-refractivity contribution in [2.45, 2.75) is 6.92 Å². The van der Waals surface area contributed by atoms with Gasteiger partial charge in [-0.05, 0) is 37.3 Å². The second kappa shape index (κ2) is 7.11. The van der Waals surface area contributed by atoms with Crippen LogP contribution >= 0.6 is 11.3 Å². The third-order valence-corrected chi connectivity index (χ3v) is 4.26. The summed E-state index contributed by atoms with van der Waals surface area (Å²) in [5.74, 6) is -0.951. The van der Waals surface area contributed by atoms with E-state index in [0.717, 1.165) is 5.69 Å². The number of benzene rings is 1. The lowest BCUT2D eigenvalue weighted by Gasteiger charge is -2.08. The van der Waals surface area contributed by atoms with Gasteiger partial charge >= 0.3 is 0 Å². The van der Waals surface area contributed by atoms with Gasteiger partial charge in [0.2, 0.25) is 0 Å². The van der Waals surface area contributed by atoms with Gasteiger partial charge in [0.25, 0.3) is 5.91 Å². The lowest BCUT2D eigenvalue weighted by molar-refractivity contribution is -0.112. The molecule has 3 aromatic rings. The Bertz CT molecular complexity index is 996. The normalized spacial score (nSPS) is 11.2. The fourth-order valence-electron chi connectivity index (χ4n) is 2.25. The number of anilines is 1. The van der Waals surface area contributed by atoms with Crippen LogP contribution in [0.5, 0.6) is 0 Å². The largest absolute Gasteiger partial charge is 0.314 e. The Kier molecular flexibility index (Phi) is 4.73. The molecule has 0 saturated carbocycles. The van der Waals surface area contributed by atoms with Crippen molar-refractivity contribution in [3.05, 3.63) is 70.8 Å². The Morgan fingerprint density at radius 1 is 1.36 bits per heavy atom. The van der Waals surface area contributed by atoms with Crippen LogP contribution in [-0.2, 0) is 4.79 Å². The summed E-state index contributed by atoms with van der Waals surface area (Å²) in [4.78, 5) is 16.4. The number of carbonyl (C=O) groups excluding carboxylic acids is 1. The molecular weight excluding hydrogens is 339 g/mol. The van der Waals surface area contributed by atoms with Crippen LogP contribution in [0.4, 0.5) is 9.52 Å². The van der Waals surface area contributed by atoms with Gasteiger partial charge in [-0.15, -0.1) is 11.3 Å². The SMILES string of the molecule is Cc1csc(NC(=O)/C(C#N)=C\c2cccn2-c2ccccc2F)n1. The number of hydrogen-bond acceptors (Lipinski definition) is 4. The first-order valence-corrected chi connectivity index (χ1v) is 8.24. The lowest BCUT2D eigenvalue weighted by atomic mass is 10.2. The van der Waals surface area contributed by atoms with E-state index in [1.807, 2.05) is 13.0 Å². The molecule has 3 rings (SSSR count). The number of nitriles is 1. The molecule has 0 radical (unpaired) electrons. The number of thiazole rings is 1. The molecule has 5 nitrogen and oxygen atoms in total. The first-order chi connectivity index (χ1) is 12.1. The predicted molar refractivity (Wildman–Crippen MR) is 94.8 cm³/mol. The zero-order valence-corrected chi connectivity index (χ0v) is 14.0. The zero-order chi connectivity index (χ0) is 17.8. The van der Waals surface area contributed by atoms with Crippen LogP contribution in [0.3, 0.4) is 0 Å². The maximum absolute atomic E-state index is 14.0. The van der Waals surface area contributed by atoms with Crippen LogP contribution in [0.15, 0.2) is 53.5 Å². The molecule has 1 amide bonds. The number of halogens is 1. The lowest BCUT2D eigenvalue weighted by Crippen LogP contribution is -2.13. The Morgan fingerprint density at radius 3 is 2.84 bits per heavy atom. The minimum atomic E-state index is -0.557. The third kappa shape index (κ3) is 3.65. The van der Waals surface area contributed by atoms with E-state index < -0.39 is 11.7 Å². The quantitative estimate of drug-likeness (QED) is 0.571. The summed E-state index contributed by atoms with van der Waals surface area (Å²) in [6.45, 7) is 1.81. The fraction of sp³-hybridized carbons (Fsp3) is 0.0556. The molecule has 0 unspecified atom stereocenters. The van der Waals surface area contributed by atoms with Gasteiger partial charge in [0.05, 0.1) is 11.4 Å². The van der Waals surface area contributed by atoms with Crippen LogP contribution in [0, 0.1) is 24.1 Å². The standard InChI is InChI=1S/C18H13FN4OS/c1-12-11-25-18(21-12)22-17(24)13(10-20)9-14-5-4-8-23(14)16-7-3-2-6-15(16)19/h2-9,11H,1H3,(H,21,22,24)/b13-9-. The molecule has 0 fully saturated rings. The van der Waals surface area contributed by atoms with E-state index in [9.17, 15) is 14.4 Å². The van der Waals surface area contributed by atoms with Gasteiger partial charge in [-0.3, -0.25) is 10.1 Å². The molecule has 0 spiro atoms. The molecule has 124 valence electrons. The number of nitrogens with zero attached hydrogens (tertiary/aromatic N) is 3. The van der Waals surface area contributed by atoms with Gasteiger partial charge in [-0.25, -0.2) is 9.37 Å². The number of amides is 1. The molecule has 0 aliphatic carbocycles. The van der Waals surface area contributed by atoms with Crippen molar-refractivity contribution < 1.29 is 9.18 Å². The minimum absolute atomic E-state index is 0.0934. The highest BCUT2D eigenvalue weighted by Gasteiger charge is 2.13. The van der Waals surface area contributed by atoms with Gasteiger partial charge in [-0.1, -0.05) is 12.1 Å². The van der Waals surface area contributed by atoms with Crippen molar-refractivity contribution in [3.8, 4) is 11.8 Å². The first-order valence-electron chi connectivity index (χ1n) is 7.36. The van der Waals surface area contributed by atoms with Crippen molar-refractivity contribution >= 4 is 28.5 Å². The predicted octanol–water partition coefficient (Wildman–Crippen LogP) is 3.93. The number of carbonyl (C=O) groups is 1. The average molecular weight is 352 g/mol. The number of rotatable bonds is 4. The van der Waals surface area contributed by atoms with Crippen molar-refractivity contribution in [1.29, 1.82) is 5.26 Å². The zero-order valence-electron chi connectivity index (χ0n) is 13.2. The Hall–Kier alpha value is -3.24. The molecule has 1 aromatic carbocycles. The maximum Gasteiger partial charge on any atom is 0.268 e. The van der Waals surface area contributed by atoms with Gasteiger partial charge < -0.3 is 4.57 Å². The highest BCUT2D eigenvalue weighted by molar-refractivity contribution is 7.13. The van der Waals surface area contributed by atoms with Crippen molar-refractivity contribution in [2.24, 2.45) is 0 Å². The molecule has 0 aliphatic rings. The van der Waals surface area contributed by atoms with Crippen molar-refractivity contribution in [2.75, 3.05) is 5.32 Å². The van der Waals surface area contributed by atoms with E-state index in [1.54, 1.807) is 46.5 Å². The van der Waals surface area contributed by atoms with Gasteiger partial charge in [0.1, 0.15) is 17.5 Å². The van der Waals surface area contributed by atoms with E-state index in [1.165, 1.54) is 23.5 Å². The minimum Gasteiger partial charge on any atom is -0.314 e. The number of aryl methyl sites for hydroxylation is 1. The molecule has 2 heterocycles. The Balaban J connectivity index is 1.91. The van der Waals surface area contributed by atoms with E-state index in [4.69, 9.17) is 0 Å². The Morgan fingerprint density at radius 2 is 2.16 bits per heavy atom. The van der Waals surface area contributed by atoms with Gasteiger partial charge in [0.15, 0.2) is 5.13 Å². The summed E-state index contributed by atoms with van der Waals surface area (Å²) in [5.41, 5.74) is 1.56. The molecule has 7 heteroatoms. The van der Waals surface area contributed by atoms with Crippen molar-refractivity contribution in [1.82, 2.24) is 9.55 Å². The average Bonchev–Trinajstić information content (AvgIpc) is 3.21. The summed E-state index contributed by atoms with van der Waals surface area (Å²) in [6.07, 6.45) is 3.09. The second-order valence-electron chi connectivity index (χ2n) is 5.17. The number of hydrogen-bond donors (Lipinski definition) is 1. The van der Waals surface area contributed by atoms with Gasteiger partial charge in [-0.2, -0.15) is 5.26 Å².